The first kappa shape index (κ1) is 24.9. The minimum Gasteiger partial charge on any atom is -0.443 e. The number of carbonyl (C=O) groups excluding carboxylic acids is 1. The van der Waals surface area contributed by atoms with E-state index in [-0.39, 0.29) is 28.0 Å². The first-order valence-corrected chi connectivity index (χ1v) is 11.1. The molecule has 0 spiro atoms. The van der Waals surface area contributed by atoms with Gasteiger partial charge in [0.1, 0.15) is 12.0 Å². The molecule has 1 N–H and O–H groups in total. The fourth-order valence-corrected chi connectivity index (χ4v) is 3.69. The summed E-state index contributed by atoms with van der Waals surface area (Å²) in [4.78, 5) is 24.8. The zero-order chi connectivity index (χ0) is 25.9. The molecule has 0 saturated heterocycles. The van der Waals surface area contributed by atoms with Crippen LogP contribution in [0.4, 0.5) is 18.9 Å². The number of nitrogens with zero attached hydrogens (tertiary/aromatic N) is 5. The van der Waals surface area contributed by atoms with E-state index in [1.54, 1.807) is 24.3 Å². The average Bonchev–Trinajstić information content (AvgIpc) is 3.55. The predicted octanol–water partition coefficient (Wildman–Crippen LogP) is 6.42. The van der Waals surface area contributed by atoms with Crippen LogP contribution in [0.5, 0.6) is 0 Å². The molecule has 0 unspecified atom stereocenters. The van der Waals surface area contributed by atoms with Gasteiger partial charge in [0, 0.05) is 17.0 Å². The number of aromatic nitrogens is 5. The van der Waals surface area contributed by atoms with Gasteiger partial charge >= 0.3 is 6.18 Å². The summed E-state index contributed by atoms with van der Waals surface area (Å²) >= 11 is 6.18. The molecule has 4 aromatic heterocycles. The number of alkyl halides is 3. The standard InChI is InChI=1S/C22H12ClF3N6O2.C2H6/c23-16-7-13(9-29-18(16)21-28-5-6-34-21)31-20(33)15-10-30-32(19(15)22(24,25)26)17-11-27-8-12-3-1-2-4-14(12)17;1-2/h1-11H,(H,31,33);1-2H3. The molecule has 0 aliphatic rings. The van der Waals surface area contributed by atoms with Crippen LogP contribution in [0.1, 0.15) is 29.9 Å². The Kier molecular flexibility index (Phi) is 7.02. The summed E-state index contributed by atoms with van der Waals surface area (Å²) in [7, 11) is 0. The Balaban J connectivity index is 0.00000148. The number of rotatable bonds is 4. The summed E-state index contributed by atoms with van der Waals surface area (Å²) in [5, 5.41) is 7.46. The Morgan fingerprint density at radius 1 is 1.08 bits per heavy atom. The molecule has 4 heterocycles. The van der Waals surface area contributed by atoms with Gasteiger partial charge in [-0.2, -0.15) is 18.3 Å². The van der Waals surface area contributed by atoms with E-state index >= 15 is 0 Å². The molecule has 0 fully saturated rings. The maximum absolute atomic E-state index is 14.1. The maximum atomic E-state index is 14.1. The highest BCUT2D eigenvalue weighted by Crippen LogP contribution is 2.35. The second-order valence-electron chi connectivity index (χ2n) is 7.04. The zero-order valence-corrected chi connectivity index (χ0v) is 19.7. The Bertz CT molecular complexity index is 1510. The molecule has 8 nitrogen and oxygen atoms in total. The van der Waals surface area contributed by atoms with Crippen LogP contribution in [-0.4, -0.2) is 30.6 Å². The number of halogens is 4. The molecule has 0 atom stereocenters. The van der Waals surface area contributed by atoms with Crippen LogP contribution in [-0.2, 0) is 6.18 Å². The van der Waals surface area contributed by atoms with Crippen LogP contribution in [0, 0.1) is 0 Å². The summed E-state index contributed by atoms with van der Waals surface area (Å²) in [6.45, 7) is 4.00. The number of carbonyl (C=O) groups is 1. The SMILES string of the molecule is CC.O=C(Nc1cnc(-c2ncco2)c(Cl)c1)c1cnn(-c2cncc3ccccc23)c1C(F)(F)F. The van der Waals surface area contributed by atoms with Crippen molar-refractivity contribution in [3.05, 3.63) is 83.9 Å². The molecule has 1 aromatic carbocycles. The fourth-order valence-electron chi connectivity index (χ4n) is 3.44. The quantitative estimate of drug-likeness (QED) is 0.297. The predicted molar refractivity (Wildman–Crippen MR) is 128 cm³/mol. The number of hydrogen-bond donors (Lipinski definition) is 1. The number of fused-ring (bicyclic) bond motifs is 1. The summed E-state index contributed by atoms with van der Waals surface area (Å²) in [6, 6.07) is 8.13. The first-order valence-electron chi connectivity index (χ1n) is 10.7. The Morgan fingerprint density at radius 2 is 1.86 bits per heavy atom. The van der Waals surface area contributed by atoms with E-state index in [0.29, 0.717) is 15.5 Å². The smallest absolute Gasteiger partial charge is 0.434 e. The lowest BCUT2D eigenvalue weighted by atomic mass is 10.1. The lowest BCUT2D eigenvalue weighted by Gasteiger charge is -2.14. The van der Waals surface area contributed by atoms with Gasteiger partial charge in [0.15, 0.2) is 5.69 Å². The van der Waals surface area contributed by atoms with Crippen molar-refractivity contribution in [3.8, 4) is 17.3 Å². The topological polar surface area (TPSA) is 98.7 Å². The number of benzene rings is 1. The third-order valence-electron chi connectivity index (χ3n) is 4.89. The monoisotopic (exact) mass is 514 g/mol. The molecule has 0 saturated carbocycles. The van der Waals surface area contributed by atoms with E-state index in [1.165, 1.54) is 37.1 Å². The van der Waals surface area contributed by atoms with Gasteiger partial charge in [-0.3, -0.25) is 9.78 Å². The van der Waals surface area contributed by atoms with E-state index in [9.17, 15) is 18.0 Å². The molecule has 0 aliphatic heterocycles. The zero-order valence-electron chi connectivity index (χ0n) is 18.9. The third kappa shape index (κ3) is 4.78. The Hall–Kier alpha value is -4.25. The molecule has 0 radical (unpaired) electrons. The van der Waals surface area contributed by atoms with E-state index in [0.717, 1.165) is 6.20 Å². The van der Waals surface area contributed by atoms with Gasteiger partial charge in [0.2, 0.25) is 5.89 Å². The van der Waals surface area contributed by atoms with E-state index in [4.69, 9.17) is 16.0 Å². The van der Waals surface area contributed by atoms with Crippen LogP contribution >= 0.6 is 11.6 Å². The molecule has 36 heavy (non-hydrogen) atoms. The maximum Gasteiger partial charge on any atom is 0.434 e. The lowest BCUT2D eigenvalue weighted by molar-refractivity contribution is -0.143. The van der Waals surface area contributed by atoms with Gasteiger partial charge in [-0.1, -0.05) is 49.7 Å². The van der Waals surface area contributed by atoms with Crippen molar-refractivity contribution in [2.45, 2.75) is 20.0 Å². The second-order valence-corrected chi connectivity index (χ2v) is 7.45. The van der Waals surface area contributed by atoms with Crippen molar-refractivity contribution in [2.24, 2.45) is 0 Å². The van der Waals surface area contributed by atoms with Gasteiger partial charge in [0.25, 0.3) is 5.91 Å². The lowest BCUT2D eigenvalue weighted by Crippen LogP contribution is -2.21. The minimum absolute atomic E-state index is 0.0815. The summed E-state index contributed by atoms with van der Waals surface area (Å²) in [5.74, 6) is -0.874. The summed E-state index contributed by atoms with van der Waals surface area (Å²) in [5.41, 5.74) is -1.52. The number of amides is 1. The Labute approximate surface area is 207 Å². The largest absolute Gasteiger partial charge is 0.443 e. The Morgan fingerprint density at radius 3 is 2.56 bits per heavy atom. The molecule has 184 valence electrons. The van der Waals surface area contributed by atoms with Crippen molar-refractivity contribution in [3.63, 3.8) is 0 Å². The number of anilines is 1. The van der Waals surface area contributed by atoms with Crippen LogP contribution in [0.2, 0.25) is 5.02 Å². The van der Waals surface area contributed by atoms with Crippen molar-refractivity contribution >= 4 is 34.0 Å². The van der Waals surface area contributed by atoms with Gasteiger partial charge in [-0.15, -0.1) is 0 Å². The van der Waals surface area contributed by atoms with Gasteiger partial charge in [-0.05, 0) is 6.07 Å². The minimum atomic E-state index is -4.88. The average molecular weight is 515 g/mol. The summed E-state index contributed by atoms with van der Waals surface area (Å²) in [6.07, 6.45) is 2.74. The van der Waals surface area contributed by atoms with E-state index in [2.05, 4.69) is 25.4 Å². The molecule has 12 heteroatoms. The van der Waals surface area contributed by atoms with Gasteiger partial charge < -0.3 is 9.73 Å². The number of nitrogens with one attached hydrogen (secondary N) is 1. The van der Waals surface area contributed by atoms with Gasteiger partial charge in [0.05, 0.1) is 46.7 Å². The fraction of sp³-hybridized carbons (Fsp3) is 0.125. The van der Waals surface area contributed by atoms with Crippen LogP contribution in [0.25, 0.3) is 28.0 Å². The first-order chi connectivity index (χ1) is 17.3. The van der Waals surface area contributed by atoms with Crippen LogP contribution in [0.3, 0.4) is 0 Å². The molecule has 5 rings (SSSR count). The van der Waals surface area contributed by atoms with Crippen LogP contribution in [0.15, 0.2) is 72.0 Å². The summed E-state index contributed by atoms with van der Waals surface area (Å²) < 4.78 is 48.1. The van der Waals surface area contributed by atoms with Crippen molar-refractivity contribution in [1.29, 1.82) is 0 Å². The second kappa shape index (κ2) is 10.2. The number of hydrogen-bond acceptors (Lipinski definition) is 6. The molecule has 0 bridgehead atoms. The van der Waals surface area contributed by atoms with Crippen molar-refractivity contribution < 1.29 is 22.4 Å². The third-order valence-corrected chi connectivity index (χ3v) is 5.18. The highest BCUT2D eigenvalue weighted by atomic mass is 35.5. The molecule has 5 aromatic rings. The highest BCUT2D eigenvalue weighted by Gasteiger charge is 2.41. The highest BCUT2D eigenvalue weighted by molar-refractivity contribution is 6.33. The molecule has 1 amide bonds. The van der Waals surface area contributed by atoms with Crippen molar-refractivity contribution in [1.82, 2.24) is 24.7 Å². The normalized spacial score (nSPS) is 11.2. The molecular formula is C24H18ClF3N6O2. The van der Waals surface area contributed by atoms with E-state index < -0.39 is 23.3 Å². The van der Waals surface area contributed by atoms with Gasteiger partial charge in [-0.25, -0.2) is 14.6 Å². The molecule has 0 aliphatic carbocycles. The van der Waals surface area contributed by atoms with E-state index in [1.807, 2.05) is 13.8 Å². The van der Waals surface area contributed by atoms with Crippen molar-refractivity contribution in [2.75, 3.05) is 5.32 Å². The number of pyridine rings is 2. The number of oxazole rings is 1. The van der Waals surface area contributed by atoms with Crippen LogP contribution < -0.4 is 5.32 Å². The molecular weight excluding hydrogens is 497 g/mol.